The summed E-state index contributed by atoms with van der Waals surface area (Å²) < 4.78 is 5.99. The van der Waals surface area contributed by atoms with Crippen molar-refractivity contribution in [3.8, 4) is 5.75 Å². The van der Waals surface area contributed by atoms with E-state index in [0.717, 1.165) is 32.5 Å². The number of nitrogens with one attached hydrogen (secondary N) is 1. The average Bonchev–Trinajstić information content (AvgIpc) is 2.82. The molecule has 0 atom stereocenters. The summed E-state index contributed by atoms with van der Waals surface area (Å²) in [6, 6.07) is 16.2. The fourth-order valence-electron chi connectivity index (χ4n) is 3.91. The monoisotopic (exact) mass is 365 g/mol. The lowest BCUT2D eigenvalue weighted by molar-refractivity contribution is 0.0709. The third-order valence-corrected chi connectivity index (χ3v) is 5.69. The lowest BCUT2D eigenvalue weighted by atomic mass is 9.88. The molecule has 0 saturated carbocycles. The molecule has 2 aliphatic rings. The molecule has 2 heterocycles. The van der Waals surface area contributed by atoms with E-state index in [0.29, 0.717) is 17.9 Å². The Morgan fingerprint density at radius 3 is 2.48 bits per heavy atom. The quantitative estimate of drug-likeness (QED) is 0.908. The van der Waals surface area contributed by atoms with Crippen LogP contribution in [0, 0.1) is 0 Å². The molecule has 4 rings (SSSR count). The van der Waals surface area contributed by atoms with E-state index in [-0.39, 0.29) is 11.4 Å². The van der Waals surface area contributed by atoms with Crippen LogP contribution in [0.4, 0.5) is 5.69 Å². The number of carbonyl (C=O) groups is 1. The summed E-state index contributed by atoms with van der Waals surface area (Å²) in [6.07, 6.45) is 1.81. The Bertz CT molecular complexity index is 809. The van der Waals surface area contributed by atoms with Gasteiger partial charge < -0.3 is 15.0 Å². The molecule has 2 aromatic carbocycles. The zero-order valence-corrected chi connectivity index (χ0v) is 16.1. The number of fused-ring (bicyclic) bond motifs is 1. The van der Waals surface area contributed by atoms with Gasteiger partial charge in [0.1, 0.15) is 12.4 Å². The van der Waals surface area contributed by atoms with Gasteiger partial charge in [-0.25, -0.2) is 0 Å². The number of hydrogen-bond donors (Lipinski definition) is 1. The fraction of sp³-hybridized carbons (Fsp3) is 0.409. The maximum absolute atomic E-state index is 12.6. The Balaban J connectivity index is 1.38. The molecular weight excluding hydrogens is 338 g/mol. The van der Waals surface area contributed by atoms with E-state index in [9.17, 15) is 4.79 Å². The maximum atomic E-state index is 12.6. The highest BCUT2D eigenvalue weighted by Crippen LogP contribution is 2.30. The Morgan fingerprint density at radius 2 is 1.78 bits per heavy atom. The molecule has 0 radical (unpaired) electrons. The second kappa shape index (κ2) is 7.24. The first-order valence-electron chi connectivity index (χ1n) is 9.58. The second-order valence-electron chi connectivity index (χ2n) is 7.86. The van der Waals surface area contributed by atoms with Gasteiger partial charge in [-0.1, -0.05) is 24.3 Å². The summed E-state index contributed by atoms with van der Waals surface area (Å²) >= 11 is 0. The van der Waals surface area contributed by atoms with Crippen LogP contribution in [0.25, 0.3) is 0 Å². The van der Waals surface area contributed by atoms with Gasteiger partial charge in [0.05, 0.1) is 11.1 Å². The first kappa shape index (κ1) is 17.9. The summed E-state index contributed by atoms with van der Waals surface area (Å²) in [5, 5.41) is 3.26. The van der Waals surface area contributed by atoms with Crippen molar-refractivity contribution in [2.45, 2.75) is 24.9 Å². The van der Waals surface area contributed by atoms with E-state index in [1.807, 2.05) is 24.3 Å². The number of piperidine rings is 1. The Labute approximate surface area is 160 Å². The molecule has 0 bridgehead atoms. The minimum Gasteiger partial charge on any atom is -0.490 e. The number of hydrogen-bond acceptors (Lipinski definition) is 4. The SMILES string of the molecule is CN(C)c1ccc(CN2CCC3(CC2)COc2ccccc2C(=O)N3)cc1. The maximum Gasteiger partial charge on any atom is 0.255 e. The summed E-state index contributed by atoms with van der Waals surface area (Å²) in [5.41, 5.74) is 2.92. The number of amides is 1. The lowest BCUT2D eigenvalue weighted by Crippen LogP contribution is -2.57. The predicted octanol–water partition coefficient (Wildman–Crippen LogP) is 2.91. The molecule has 1 saturated heterocycles. The number of rotatable bonds is 3. The number of likely N-dealkylation sites (tertiary alicyclic amines) is 1. The number of nitrogens with zero attached hydrogens (tertiary/aromatic N) is 2. The van der Waals surface area contributed by atoms with Crippen molar-refractivity contribution in [3.05, 3.63) is 59.7 Å². The molecule has 1 spiro atoms. The van der Waals surface area contributed by atoms with Crippen molar-refractivity contribution in [1.29, 1.82) is 0 Å². The average molecular weight is 365 g/mol. The number of anilines is 1. The fourth-order valence-corrected chi connectivity index (χ4v) is 3.91. The second-order valence-corrected chi connectivity index (χ2v) is 7.86. The van der Waals surface area contributed by atoms with Gasteiger partial charge in [0.15, 0.2) is 0 Å². The van der Waals surface area contributed by atoms with Crippen LogP contribution in [0.5, 0.6) is 5.75 Å². The van der Waals surface area contributed by atoms with Crippen LogP contribution in [0.15, 0.2) is 48.5 Å². The molecule has 27 heavy (non-hydrogen) atoms. The third-order valence-electron chi connectivity index (χ3n) is 5.69. The van der Waals surface area contributed by atoms with Crippen molar-refractivity contribution < 1.29 is 9.53 Å². The van der Waals surface area contributed by atoms with Gasteiger partial charge in [-0.05, 0) is 42.7 Å². The largest absolute Gasteiger partial charge is 0.490 e. The summed E-state index contributed by atoms with van der Waals surface area (Å²) in [6.45, 7) is 3.39. The minimum absolute atomic E-state index is 0.0178. The molecule has 1 N–H and O–H groups in total. The van der Waals surface area contributed by atoms with Gasteiger partial charge in [0, 0.05) is 39.4 Å². The molecule has 0 aliphatic carbocycles. The van der Waals surface area contributed by atoms with E-state index in [2.05, 4.69) is 53.5 Å². The van der Waals surface area contributed by atoms with E-state index in [1.54, 1.807) is 0 Å². The summed E-state index contributed by atoms with van der Waals surface area (Å²) in [4.78, 5) is 17.2. The van der Waals surface area contributed by atoms with Crippen molar-refractivity contribution in [2.24, 2.45) is 0 Å². The van der Waals surface area contributed by atoms with Gasteiger partial charge in [-0.2, -0.15) is 0 Å². The van der Waals surface area contributed by atoms with Crippen LogP contribution in [0.1, 0.15) is 28.8 Å². The summed E-state index contributed by atoms with van der Waals surface area (Å²) in [5.74, 6) is 0.672. The van der Waals surface area contributed by atoms with Crippen LogP contribution in [0.3, 0.4) is 0 Å². The smallest absolute Gasteiger partial charge is 0.255 e. The highest BCUT2D eigenvalue weighted by molar-refractivity contribution is 5.97. The molecule has 0 aromatic heterocycles. The first-order valence-corrected chi connectivity index (χ1v) is 9.58. The molecule has 5 nitrogen and oxygen atoms in total. The van der Waals surface area contributed by atoms with Gasteiger partial charge in [0.25, 0.3) is 5.91 Å². The Morgan fingerprint density at radius 1 is 1.07 bits per heavy atom. The van der Waals surface area contributed by atoms with Crippen molar-refractivity contribution in [2.75, 3.05) is 38.7 Å². The van der Waals surface area contributed by atoms with Gasteiger partial charge in [0.2, 0.25) is 0 Å². The molecule has 5 heteroatoms. The number of benzene rings is 2. The van der Waals surface area contributed by atoms with Crippen molar-refractivity contribution in [1.82, 2.24) is 10.2 Å². The zero-order chi connectivity index (χ0) is 18.9. The van der Waals surface area contributed by atoms with Gasteiger partial charge in [-0.15, -0.1) is 0 Å². The van der Waals surface area contributed by atoms with Crippen LogP contribution >= 0.6 is 0 Å². The predicted molar refractivity (Wildman–Crippen MR) is 107 cm³/mol. The highest BCUT2D eigenvalue weighted by atomic mass is 16.5. The van der Waals surface area contributed by atoms with E-state index < -0.39 is 0 Å². The number of ether oxygens (including phenoxy) is 1. The normalized spacial score (nSPS) is 19.0. The highest BCUT2D eigenvalue weighted by Gasteiger charge is 2.39. The number of carbonyl (C=O) groups excluding carboxylic acids is 1. The molecule has 142 valence electrons. The van der Waals surface area contributed by atoms with Gasteiger partial charge in [-0.3, -0.25) is 9.69 Å². The van der Waals surface area contributed by atoms with Gasteiger partial charge >= 0.3 is 0 Å². The van der Waals surface area contributed by atoms with Crippen LogP contribution in [-0.4, -0.2) is 50.1 Å². The molecule has 1 amide bonds. The lowest BCUT2D eigenvalue weighted by Gasteiger charge is -2.41. The topological polar surface area (TPSA) is 44.8 Å². The van der Waals surface area contributed by atoms with E-state index in [1.165, 1.54) is 11.3 Å². The van der Waals surface area contributed by atoms with Crippen molar-refractivity contribution in [3.63, 3.8) is 0 Å². The summed E-state index contributed by atoms with van der Waals surface area (Å²) in [7, 11) is 4.11. The first-order chi connectivity index (χ1) is 13.0. The van der Waals surface area contributed by atoms with E-state index >= 15 is 0 Å². The zero-order valence-electron chi connectivity index (χ0n) is 16.1. The minimum atomic E-state index is -0.263. The third kappa shape index (κ3) is 3.78. The standard InChI is InChI=1S/C22H27N3O2/c1-24(2)18-9-7-17(8-10-18)15-25-13-11-22(12-14-25)16-27-20-6-4-3-5-19(20)21(26)23-22/h3-10H,11-16H2,1-2H3,(H,23,26). The van der Waals surface area contributed by atoms with E-state index in [4.69, 9.17) is 4.74 Å². The van der Waals surface area contributed by atoms with Crippen LogP contribution in [-0.2, 0) is 6.54 Å². The Kier molecular flexibility index (Phi) is 4.79. The molecular formula is C22H27N3O2. The molecule has 0 unspecified atom stereocenters. The van der Waals surface area contributed by atoms with Crippen LogP contribution < -0.4 is 15.0 Å². The molecule has 2 aliphatic heterocycles. The van der Waals surface area contributed by atoms with Crippen molar-refractivity contribution >= 4 is 11.6 Å². The molecule has 1 fully saturated rings. The number of para-hydroxylation sites is 1. The van der Waals surface area contributed by atoms with Crippen LogP contribution in [0.2, 0.25) is 0 Å². The molecule has 2 aromatic rings. The Hall–Kier alpha value is -2.53.